The minimum absolute atomic E-state index is 0.228. The van der Waals surface area contributed by atoms with E-state index < -0.39 is 0 Å². The Morgan fingerprint density at radius 2 is 1.37 bits per heavy atom. The smallest absolute Gasteiger partial charge is 0.234 e. The van der Waals surface area contributed by atoms with Gasteiger partial charge in [-0.1, -0.05) is 84.9 Å². The molecule has 1 saturated heterocycles. The molecule has 0 radical (unpaired) electrons. The van der Waals surface area contributed by atoms with Crippen LogP contribution in [0.4, 0.5) is 0 Å². The summed E-state index contributed by atoms with van der Waals surface area (Å²) in [6.07, 6.45) is 2.17. The van der Waals surface area contributed by atoms with Crippen molar-refractivity contribution in [3.8, 4) is 0 Å². The van der Waals surface area contributed by atoms with E-state index >= 15 is 0 Å². The number of rotatable bonds is 4. The highest BCUT2D eigenvalue weighted by Crippen LogP contribution is 2.30. The summed E-state index contributed by atoms with van der Waals surface area (Å²) in [6, 6.07) is 29.6. The Bertz CT molecular complexity index is 962. The maximum atomic E-state index is 13.7. The standard InChI is InChI=1S/C27H28N2O/c30-27(26(22-10-3-1-4-11-22)23-12-5-2-6-13-23)29-18-16-25(20-29)28-17-15-21-9-7-8-14-24(21)19-28/h1-14,25-26H,15-20H2/t25-/m0/s1. The van der Waals surface area contributed by atoms with Gasteiger partial charge in [0.05, 0.1) is 5.92 Å². The number of amides is 1. The number of likely N-dealkylation sites (tertiary alicyclic amines) is 1. The number of fused-ring (bicyclic) bond motifs is 1. The molecule has 0 unspecified atom stereocenters. The van der Waals surface area contributed by atoms with E-state index in [-0.39, 0.29) is 11.8 Å². The maximum Gasteiger partial charge on any atom is 0.234 e. The summed E-state index contributed by atoms with van der Waals surface area (Å²) in [5, 5.41) is 0. The molecule has 2 aliphatic rings. The molecule has 0 saturated carbocycles. The van der Waals surface area contributed by atoms with E-state index in [1.807, 2.05) is 36.4 Å². The van der Waals surface area contributed by atoms with E-state index in [4.69, 9.17) is 0 Å². The van der Waals surface area contributed by atoms with E-state index in [2.05, 4.69) is 58.3 Å². The first-order valence-corrected chi connectivity index (χ1v) is 11.0. The molecule has 0 bridgehead atoms. The second-order valence-corrected chi connectivity index (χ2v) is 8.47. The largest absolute Gasteiger partial charge is 0.340 e. The van der Waals surface area contributed by atoms with Crippen LogP contribution < -0.4 is 0 Å². The lowest BCUT2D eigenvalue weighted by Gasteiger charge is -2.33. The van der Waals surface area contributed by atoms with E-state index in [9.17, 15) is 4.79 Å². The second kappa shape index (κ2) is 8.45. The average molecular weight is 397 g/mol. The Kier molecular flexibility index (Phi) is 5.37. The van der Waals surface area contributed by atoms with Crippen LogP contribution in [-0.4, -0.2) is 41.4 Å². The molecule has 1 fully saturated rings. The molecule has 3 aromatic rings. The summed E-state index contributed by atoms with van der Waals surface area (Å²) in [5.74, 6) is 0.000501. The molecule has 0 spiro atoms. The van der Waals surface area contributed by atoms with Crippen molar-refractivity contribution in [2.24, 2.45) is 0 Å². The van der Waals surface area contributed by atoms with Crippen LogP contribution in [0.15, 0.2) is 84.9 Å². The predicted molar refractivity (Wildman–Crippen MR) is 120 cm³/mol. The lowest BCUT2D eigenvalue weighted by Crippen LogP contribution is -2.42. The van der Waals surface area contributed by atoms with Gasteiger partial charge in [-0.25, -0.2) is 0 Å². The maximum absolute atomic E-state index is 13.7. The van der Waals surface area contributed by atoms with Crippen LogP contribution in [0.25, 0.3) is 0 Å². The minimum Gasteiger partial charge on any atom is -0.340 e. The normalized spacial score (nSPS) is 19.1. The van der Waals surface area contributed by atoms with Crippen LogP contribution in [0.1, 0.15) is 34.6 Å². The zero-order valence-corrected chi connectivity index (χ0v) is 17.3. The zero-order valence-electron chi connectivity index (χ0n) is 17.3. The summed E-state index contributed by atoms with van der Waals surface area (Å²) < 4.78 is 0. The van der Waals surface area contributed by atoms with Gasteiger partial charge in [-0.15, -0.1) is 0 Å². The number of hydrogen-bond acceptors (Lipinski definition) is 2. The Morgan fingerprint density at radius 1 is 0.767 bits per heavy atom. The van der Waals surface area contributed by atoms with Crippen molar-refractivity contribution in [1.82, 2.24) is 9.80 Å². The molecular formula is C27H28N2O. The van der Waals surface area contributed by atoms with E-state index in [0.717, 1.165) is 50.1 Å². The van der Waals surface area contributed by atoms with Gasteiger partial charge in [-0.2, -0.15) is 0 Å². The topological polar surface area (TPSA) is 23.6 Å². The Balaban J connectivity index is 1.33. The van der Waals surface area contributed by atoms with Gasteiger partial charge >= 0.3 is 0 Å². The van der Waals surface area contributed by atoms with Crippen LogP contribution in [0.3, 0.4) is 0 Å². The van der Waals surface area contributed by atoms with Crippen molar-refractivity contribution in [1.29, 1.82) is 0 Å². The molecule has 3 nitrogen and oxygen atoms in total. The van der Waals surface area contributed by atoms with Crippen molar-refractivity contribution >= 4 is 5.91 Å². The summed E-state index contributed by atoms with van der Waals surface area (Å²) in [6.45, 7) is 3.77. The van der Waals surface area contributed by atoms with Crippen LogP contribution in [-0.2, 0) is 17.8 Å². The number of carbonyl (C=O) groups excluding carboxylic acids is 1. The van der Waals surface area contributed by atoms with Gasteiger partial charge in [0.2, 0.25) is 5.91 Å². The highest BCUT2D eigenvalue weighted by atomic mass is 16.2. The molecule has 3 aromatic carbocycles. The highest BCUT2D eigenvalue weighted by Gasteiger charge is 2.35. The molecule has 152 valence electrons. The Morgan fingerprint density at radius 3 is 2.03 bits per heavy atom. The lowest BCUT2D eigenvalue weighted by atomic mass is 9.90. The van der Waals surface area contributed by atoms with Gasteiger partial charge in [0, 0.05) is 32.2 Å². The molecule has 30 heavy (non-hydrogen) atoms. The highest BCUT2D eigenvalue weighted by molar-refractivity contribution is 5.87. The molecule has 1 atom stereocenters. The molecule has 3 heteroatoms. The summed E-state index contributed by atoms with van der Waals surface area (Å²) in [7, 11) is 0. The third-order valence-corrected chi connectivity index (χ3v) is 6.66. The fourth-order valence-corrected chi connectivity index (χ4v) is 5.02. The molecule has 2 heterocycles. The molecule has 0 aliphatic carbocycles. The molecule has 1 amide bonds. The fraction of sp³-hybridized carbons (Fsp3) is 0.296. The predicted octanol–water partition coefficient (Wildman–Crippen LogP) is 4.48. The van der Waals surface area contributed by atoms with Crippen LogP contribution in [0.2, 0.25) is 0 Å². The first-order chi connectivity index (χ1) is 14.8. The van der Waals surface area contributed by atoms with Crippen LogP contribution in [0.5, 0.6) is 0 Å². The Hall–Kier alpha value is -2.91. The van der Waals surface area contributed by atoms with Gasteiger partial charge in [-0.3, -0.25) is 9.69 Å². The van der Waals surface area contributed by atoms with E-state index in [0.29, 0.717) is 6.04 Å². The van der Waals surface area contributed by atoms with Crippen molar-refractivity contribution in [2.75, 3.05) is 19.6 Å². The zero-order chi connectivity index (χ0) is 20.3. The van der Waals surface area contributed by atoms with Crippen molar-refractivity contribution in [3.63, 3.8) is 0 Å². The number of hydrogen-bond donors (Lipinski definition) is 0. The van der Waals surface area contributed by atoms with Crippen molar-refractivity contribution < 1.29 is 4.79 Å². The van der Waals surface area contributed by atoms with E-state index in [1.165, 1.54) is 11.1 Å². The first-order valence-electron chi connectivity index (χ1n) is 11.0. The van der Waals surface area contributed by atoms with Gasteiger partial charge in [0.25, 0.3) is 0 Å². The monoisotopic (exact) mass is 396 g/mol. The van der Waals surface area contributed by atoms with Crippen LogP contribution in [0, 0.1) is 0 Å². The van der Waals surface area contributed by atoms with Crippen LogP contribution >= 0.6 is 0 Å². The van der Waals surface area contributed by atoms with Gasteiger partial charge in [-0.05, 0) is 35.1 Å². The number of benzene rings is 3. The van der Waals surface area contributed by atoms with Crippen molar-refractivity contribution in [3.05, 3.63) is 107 Å². The van der Waals surface area contributed by atoms with Crippen molar-refractivity contribution in [2.45, 2.75) is 31.3 Å². The summed E-state index contributed by atoms with van der Waals surface area (Å²) in [5.41, 5.74) is 5.07. The third kappa shape index (κ3) is 3.78. The molecule has 0 aromatic heterocycles. The molecule has 2 aliphatic heterocycles. The minimum atomic E-state index is -0.228. The van der Waals surface area contributed by atoms with E-state index in [1.54, 1.807) is 0 Å². The lowest BCUT2D eigenvalue weighted by molar-refractivity contribution is -0.131. The fourth-order valence-electron chi connectivity index (χ4n) is 5.02. The quantitative estimate of drug-likeness (QED) is 0.649. The molecular weight excluding hydrogens is 368 g/mol. The second-order valence-electron chi connectivity index (χ2n) is 8.47. The third-order valence-electron chi connectivity index (χ3n) is 6.66. The summed E-state index contributed by atoms with van der Waals surface area (Å²) in [4.78, 5) is 18.4. The average Bonchev–Trinajstić information content (AvgIpc) is 3.31. The number of nitrogens with zero attached hydrogens (tertiary/aromatic N) is 2. The van der Waals surface area contributed by atoms with Gasteiger partial charge in [0.15, 0.2) is 0 Å². The van der Waals surface area contributed by atoms with Gasteiger partial charge in [0.1, 0.15) is 0 Å². The summed E-state index contributed by atoms with van der Waals surface area (Å²) >= 11 is 0. The SMILES string of the molecule is O=C(C(c1ccccc1)c1ccccc1)N1CC[C@H](N2CCc3ccccc3C2)C1. The first kappa shape index (κ1) is 19.1. The Labute approximate surface area is 178 Å². The van der Waals surface area contributed by atoms with Gasteiger partial charge < -0.3 is 4.90 Å². The number of carbonyl (C=O) groups is 1. The molecule has 0 N–H and O–H groups in total. The molecule has 5 rings (SSSR count).